The molecule has 2 heterocycles. The number of nitrogens with zero attached hydrogens (tertiary/aromatic N) is 2. The maximum atomic E-state index is 12.0. The van der Waals surface area contributed by atoms with Crippen molar-refractivity contribution in [3.8, 4) is 0 Å². The Labute approximate surface area is 187 Å². The molecule has 31 heavy (non-hydrogen) atoms. The van der Waals surface area contributed by atoms with Crippen molar-refractivity contribution < 1.29 is 14.8 Å². The van der Waals surface area contributed by atoms with Gasteiger partial charge in [0.25, 0.3) is 5.91 Å². The number of rotatable bonds is 14. The summed E-state index contributed by atoms with van der Waals surface area (Å²) < 4.78 is 1.98. The van der Waals surface area contributed by atoms with Crippen LogP contribution in [0.25, 0.3) is 11.7 Å². The maximum absolute atomic E-state index is 12.0. The van der Waals surface area contributed by atoms with Crippen molar-refractivity contribution in [3.05, 3.63) is 35.7 Å². The monoisotopic (exact) mass is 447 g/mol. The van der Waals surface area contributed by atoms with E-state index in [2.05, 4.69) is 17.6 Å². The lowest BCUT2D eigenvalue weighted by Gasteiger charge is -2.09. The van der Waals surface area contributed by atoms with E-state index in [4.69, 9.17) is 10.2 Å². The van der Waals surface area contributed by atoms with Gasteiger partial charge in [-0.15, -0.1) is 0 Å². The van der Waals surface area contributed by atoms with E-state index in [1.807, 2.05) is 29.0 Å². The summed E-state index contributed by atoms with van der Waals surface area (Å²) in [6.07, 6.45) is 12.7. The van der Waals surface area contributed by atoms with Crippen LogP contribution in [-0.2, 0) is 16.0 Å². The molecule has 0 bridgehead atoms. The summed E-state index contributed by atoms with van der Waals surface area (Å²) in [7, 11) is 0. The minimum absolute atomic E-state index is 0.0365. The number of carbonyl (C=O) groups excluding carboxylic acids is 2. The molecule has 0 spiro atoms. The zero-order valence-corrected chi connectivity index (χ0v) is 19.1. The van der Waals surface area contributed by atoms with Crippen molar-refractivity contribution >= 4 is 41.1 Å². The van der Waals surface area contributed by atoms with Gasteiger partial charge < -0.3 is 10.6 Å². The summed E-state index contributed by atoms with van der Waals surface area (Å²) in [4.78, 5) is 28.0. The zero-order valence-electron chi connectivity index (χ0n) is 18.3. The molecule has 0 fully saturated rings. The first-order valence-electron chi connectivity index (χ1n) is 10.7. The van der Waals surface area contributed by atoms with Crippen LogP contribution in [0.2, 0.25) is 0 Å². The first-order chi connectivity index (χ1) is 15.1. The minimum Gasteiger partial charge on any atom is -0.369 e. The third-order valence-electron chi connectivity index (χ3n) is 4.80. The molecule has 8 nitrogen and oxygen atoms in total. The number of hydroxylamine groups is 1. The van der Waals surface area contributed by atoms with Gasteiger partial charge in [-0.3, -0.25) is 19.2 Å². The highest BCUT2D eigenvalue weighted by molar-refractivity contribution is 7.98. The van der Waals surface area contributed by atoms with Gasteiger partial charge >= 0.3 is 0 Å². The standard InChI is InChI=1S/C22H33N5O3S/c1-3-4-5-6-7-18-22(24-12-10-20(28)23-13-15-31-2)27-14-11-17(16-19(27)25-18)8-9-21(29)26-30/h8-9,11,14,16,24,30H,3-7,10,12-13,15H2,1-2H3,(H,23,28)(H,26,29)/b9-8+. The predicted molar refractivity (Wildman–Crippen MR) is 126 cm³/mol. The van der Waals surface area contributed by atoms with Crippen LogP contribution in [-0.4, -0.2) is 51.5 Å². The quantitative estimate of drug-likeness (QED) is 0.153. The van der Waals surface area contributed by atoms with E-state index < -0.39 is 5.91 Å². The summed E-state index contributed by atoms with van der Waals surface area (Å²) in [5.41, 5.74) is 4.13. The lowest BCUT2D eigenvalue weighted by molar-refractivity contribution is -0.124. The number of aryl methyl sites for hydroxylation is 1. The highest BCUT2D eigenvalue weighted by atomic mass is 32.2. The van der Waals surface area contributed by atoms with E-state index in [1.165, 1.54) is 18.9 Å². The molecular weight excluding hydrogens is 414 g/mol. The smallest absolute Gasteiger partial charge is 0.267 e. The second kappa shape index (κ2) is 13.7. The topological polar surface area (TPSA) is 108 Å². The Balaban J connectivity index is 2.12. The number of fused-ring (bicyclic) bond motifs is 1. The van der Waals surface area contributed by atoms with Gasteiger partial charge in [0.05, 0.1) is 5.69 Å². The van der Waals surface area contributed by atoms with Crippen LogP contribution in [0.1, 0.15) is 50.3 Å². The van der Waals surface area contributed by atoms with Gasteiger partial charge in [0, 0.05) is 37.5 Å². The van der Waals surface area contributed by atoms with Crippen molar-refractivity contribution in [1.82, 2.24) is 20.2 Å². The Morgan fingerprint density at radius 3 is 2.84 bits per heavy atom. The molecule has 170 valence electrons. The summed E-state index contributed by atoms with van der Waals surface area (Å²) in [6.45, 7) is 3.40. The molecule has 2 aromatic heterocycles. The fraction of sp³-hybridized carbons (Fsp3) is 0.500. The van der Waals surface area contributed by atoms with E-state index in [9.17, 15) is 9.59 Å². The molecule has 0 saturated carbocycles. The van der Waals surface area contributed by atoms with Crippen LogP contribution >= 0.6 is 11.8 Å². The highest BCUT2D eigenvalue weighted by Crippen LogP contribution is 2.22. The van der Waals surface area contributed by atoms with Gasteiger partial charge in [0.1, 0.15) is 11.5 Å². The number of imidazole rings is 1. The second-order valence-corrected chi connectivity index (χ2v) is 8.22. The number of hydrogen-bond donors (Lipinski definition) is 4. The average Bonchev–Trinajstić information content (AvgIpc) is 3.11. The summed E-state index contributed by atoms with van der Waals surface area (Å²) in [5.74, 6) is 1.27. The molecule has 0 aromatic carbocycles. The number of nitrogens with one attached hydrogen (secondary N) is 3. The molecule has 0 unspecified atom stereocenters. The Morgan fingerprint density at radius 2 is 2.10 bits per heavy atom. The number of unbranched alkanes of at least 4 members (excludes halogenated alkanes) is 3. The van der Waals surface area contributed by atoms with Gasteiger partial charge in [-0.2, -0.15) is 11.8 Å². The third kappa shape index (κ3) is 8.26. The number of amides is 2. The minimum atomic E-state index is -0.585. The normalized spacial score (nSPS) is 11.2. The van der Waals surface area contributed by atoms with E-state index in [0.717, 1.165) is 47.7 Å². The first kappa shape index (κ1) is 24.7. The number of hydrogen-bond acceptors (Lipinski definition) is 6. The number of carbonyl (C=O) groups is 2. The SMILES string of the molecule is CCCCCCc1nc2cc(/C=C/C(=O)NO)ccn2c1NCCC(=O)NCCSC. The summed E-state index contributed by atoms with van der Waals surface area (Å²) in [5, 5.41) is 14.9. The Bertz CT molecular complexity index is 881. The lowest BCUT2D eigenvalue weighted by Crippen LogP contribution is -2.27. The molecule has 2 amide bonds. The van der Waals surface area contributed by atoms with Crippen LogP contribution in [0.3, 0.4) is 0 Å². The summed E-state index contributed by atoms with van der Waals surface area (Å²) in [6, 6.07) is 3.76. The number of anilines is 1. The molecule has 0 aliphatic carbocycles. The molecule has 0 atom stereocenters. The molecule has 2 aromatic rings. The van der Waals surface area contributed by atoms with Gasteiger partial charge in [-0.25, -0.2) is 10.5 Å². The number of thioether (sulfide) groups is 1. The van der Waals surface area contributed by atoms with Crippen LogP contribution < -0.4 is 16.1 Å². The van der Waals surface area contributed by atoms with Crippen LogP contribution in [0, 0.1) is 0 Å². The van der Waals surface area contributed by atoms with E-state index in [0.29, 0.717) is 19.5 Å². The van der Waals surface area contributed by atoms with Crippen LogP contribution in [0.4, 0.5) is 5.82 Å². The van der Waals surface area contributed by atoms with Crippen molar-refractivity contribution in [2.75, 3.05) is 30.4 Å². The zero-order chi connectivity index (χ0) is 22.5. The molecule has 4 N–H and O–H groups in total. The van der Waals surface area contributed by atoms with Gasteiger partial charge in [0.2, 0.25) is 5.91 Å². The number of aromatic nitrogens is 2. The summed E-state index contributed by atoms with van der Waals surface area (Å²) >= 11 is 1.71. The van der Waals surface area contributed by atoms with E-state index in [1.54, 1.807) is 23.3 Å². The lowest BCUT2D eigenvalue weighted by atomic mass is 10.1. The second-order valence-electron chi connectivity index (χ2n) is 7.23. The average molecular weight is 448 g/mol. The fourth-order valence-electron chi connectivity index (χ4n) is 3.18. The van der Waals surface area contributed by atoms with Crippen molar-refractivity contribution in [3.63, 3.8) is 0 Å². The Hall–Kier alpha value is -2.52. The molecule has 0 radical (unpaired) electrons. The van der Waals surface area contributed by atoms with Crippen LogP contribution in [0.15, 0.2) is 24.4 Å². The molecule has 9 heteroatoms. The highest BCUT2D eigenvalue weighted by Gasteiger charge is 2.13. The number of pyridine rings is 1. The van der Waals surface area contributed by atoms with E-state index >= 15 is 0 Å². The Kier molecular flexibility index (Phi) is 10.9. The third-order valence-corrected chi connectivity index (χ3v) is 5.41. The van der Waals surface area contributed by atoms with Crippen molar-refractivity contribution in [2.24, 2.45) is 0 Å². The molecular formula is C22H33N5O3S. The molecule has 0 aliphatic heterocycles. The fourth-order valence-corrected chi connectivity index (χ4v) is 3.48. The maximum Gasteiger partial charge on any atom is 0.267 e. The van der Waals surface area contributed by atoms with Gasteiger partial charge in [0.15, 0.2) is 0 Å². The van der Waals surface area contributed by atoms with Gasteiger partial charge in [-0.1, -0.05) is 26.2 Å². The van der Waals surface area contributed by atoms with E-state index in [-0.39, 0.29) is 5.91 Å². The largest absolute Gasteiger partial charge is 0.369 e. The molecule has 0 aliphatic rings. The first-order valence-corrected chi connectivity index (χ1v) is 12.1. The molecule has 0 saturated heterocycles. The Morgan fingerprint density at radius 1 is 1.26 bits per heavy atom. The molecule has 2 rings (SSSR count). The predicted octanol–water partition coefficient (Wildman–Crippen LogP) is 3.26. The van der Waals surface area contributed by atoms with Crippen molar-refractivity contribution in [1.29, 1.82) is 0 Å². The van der Waals surface area contributed by atoms with Gasteiger partial charge in [-0.05, 0) is 42.9 Å². The van der Waals surface area contributed by atoms with Crippen molar-refractivity contribution in [2.45, 2.75) is 45.4 Å². The van der Waals surface area contributed by atoms with Crippen LogP contribution in [0.5, 0.6) is 0 Å².